The number of rotatable bonds is 3. The molecule has 0 aromatic carbocycles. The minimum absolute atomic E-state index is 0.0171. The number of nitrogens with zero attached hydrogens (tertiary/aromatic N) is 1. The van der Waals surface area contributed by atoms with Crippen LogP contribution < -0.4 is 0 Å². The summed E-state index contributed by atoms with van der Waals surface area (Å²) in [6, 6.07) is 0. The Balaban J connectivity index is 3.04. The van der Waals surface area contributed by atoms with Crippen molar-refractivity contribution in [2.45, 2.75) is 65.5 Å². The molecule has 1 heterocycles. The maximum absolute atomic E-state index is 12.4. The Kier molecular flexibility index (Phi) is 5.05. The average Bonchev–Trinajstić information content (AvgIpc) is 2.72. The van der Waals surface area contributed by atoms with Gasteiger partial charge in [-0.2, -0.15) is 0 Å². The van der Waals surface area contributed by atoms with Crippen LogP contribution in [0.4, 0.5) is 4.79 Å². The molecule has 0 radical (unpaired) electrons. The van der Waals surface area contributed by atoms with Crippen molar-refractivity contribution in [3.05, 3.63) is 0 Å². The van der Waals surface area contributed by atoms with Crippen molar-refractivity contribution in [3.8, 4) is 0 Å². The predicted molar refractivity (Wildman–Crippen MR) is 76.4 cm³/mol. The largest absolute Gasteiger partial charge is 0.464 e. The molecule has 5 heteroatoms. The lowest BCUT2D eigenvalue weighted by atomic mass is 9.84. The first-order valence-corrected chi connectivity index (χ1v) is 7.33. The van der Waals surface area contributed by atoms with Crippen molar-refractivity contribution in [2.75, 3.05) is 13.2 Å². The molecule has 0 bridgehead atoms. The van der Waals surface area contributed by atoms with Crippen LogP contribution in [0.2, 0.25) is 0 Å². The van der Waals surface area contributed by atoms with Gasteiger partial charge in [0.15, 0.2) is 0 Å². The number of amides is 1. The summed E-state index contributed by atoms with van der Waals surface area (Å²) in [7, 11) is 0. The van der Waals surface area contributed by atoms with E-state index in [0.29, 0.717) is 19.6 Å². The van der Waals surface area contributed by atoms with Crippen LogP contribution in [0, 0.1) is 5.92 Å². The van der Waals surface area contributed by atoms with Gasteiger partial charge in [-0.1, -0.05) is 13.8 Å². The average molecular weight is 285 g/mol. The van der Waals surface area contributed by atoms with Crippen LogP contribution in [0.25, 0.3) is 0 Å². The van der Waals surface area contributed by atoms with Crippen molar-refractivity contribution in [3.63, 3.8) is 0 Å². The fourth-order valence-corrected chi connectivity index (χ4v) is 2.72. The molecule has 0 aromatic rings. The monoisotopic (exact) mass is 285 g/mol. The van der Waals surface area contributed by atoms with E-state index < -0.39 is 17.2 Å². The van der Waals surface area contributed by atoms with Crippen molar-refractivity contribution >= 4 is 12.1 Å². The molecule has 0 N–H and O–H groups in total. The van der Waals surface area contributed by atoms with E-state index in [2.05, 4.69) is 0 Å². The van der Waals surface area contributed by atoms with Crippen LogP contribution in [0.1, 0.15) is 54.4 Å². The maximum Gasteiger partial charge on any atom is 0.411 e. The molecular formula is C15H27NO4. The molecule has 1 aliphatic rings. The minimum atomic E-state index is -0.891. The topological polar surface area (TPSA) is 55.8 Å². The second-order valence-electron chi connectivity index (χ2n) is 6.53. The van der Waals surface area contributed by atoms with E-state index in [1.165, 1.54) is 0 Å². The summed E-state index contributed by atoms with van der Waals surface area (Å²) in [5.74, 6) is -0.338. The molecule has 5 nitrogen and oxygen atoms in total. The lowest BCUT2D eigenvalue weighted by Crippen LogP contribution is -2.58. The van der Waals surface area contributed by atoms with Gasteiger partial charge in [0.1, 0.15) is 11.1 Å². The van der Waals surface area contributed by atoms with Crippen LogP contribution in [0.15, 0.2) is 0 Å². The Bertz CT molecular complexity index is 373. The first-order valence-electron chi connectivity index (χ1n) is 7.33. The molecule has 0 saturated carbocycles. The summed E-state index contributed by atoms with van der Waals surface area (Å²) in [5.41, 5.74) is -1.46. The molecule has 0 unspecified atom stereocenters. The van der Waals surface area contributed by atoms with Crippen molar-refractivity contribution in [1.29, 1.82) is 0 Å². The molecular weight excluding hydrogens is 258 g/mol. The van der Waals surface area contributed by atoms with Gasteiger partial charge in [0, 0.05) is 6.54 Å². The SMILES string of the molecule is CCOC(=O)[C@]1(C(C)C)CCCN1C(=O)OC(C)(C)C. The Hall–Kier alpha value is -1.26. The summed E-state index contributed by atoms with van der Waals surface area (Å²) in [6.45, 7) is 12.0. The lowest BCUT2D eigenvalue weighted by molar-refractivity contribution is -0.158. The van der Waals surface area contributed by atoms with Gasteiger partial charge in [0.05, 0.1) is 6.61 Å². The highest BCUT2D eigenvalue weighted by Gasteiger charge is 2.54. The van der Waals surface area contributed by atoms with E-state index in [4.69, 9.17) is 9.47 Å². The number of carbonyl (C=O) groups excluding carboxylic acids is 2. The van der Waals surface area contributed by atoms with Gasteiger partial charge >= 0.3 is 12.1 Å². The third-order valence-corrected chi connectivity index (χ3v) is 3.62. The Morgan fingerprint density at radius 1 is 1.30 bits per heavy atom. The highest BCUT2D eigenvalue weighted by Crippen LogP contribution is 2.38. The predicted octanol–water partition coefficient (Wildman–Crippen LogP) is 2.98. The third-order valence-electron chi connectivity index (χ3n) is 3.62. The molecule has 1 aliphatic heterocycles. The van der Waals surface area contributed by atoms with Gasteiger partial charge in [-0.05, 0) is 46.5 Å². The highest BCUT2D eigenvalue weighted by molar-refractivity contribution is 5.87. The van der Waals surface area contributed by atoms with Crippen molar-refractivity contribution in [1.82, 2.24) is 4.90 Å². The third kappa shape index (κ3) is 3.25. The number of hydrogen-bond acceptors (Lipinski definition) is 4. The molecule has 1 fully saturated rings. The van der Waals surface area contributed by atoms with Crippen LogP contribution >= 0.6 is 0 Å². The van der Waals surface area contributed by atoms with Gasteiger partial charge in [-0.15, -0.1) is 0 Å². The number of carbonyl (C=O) groups is 2. The van der Waals surface area contributed by atoms with Crippen LogP contribution in [0.5, 0.6) is 0 Å². The zero-order valence-electron chi connectivity index (χ0n) is 13.5. The summed E-state index contributed by atoms with van der Waals surface area (Å²) in [4.78, 5) is 26.4. The van der Waals surface area contributed by atoms with Gasteiger partial charge in [-0.25, -0.2) is 9.59 Å². The number of ether oxygens (including phenoxy) is 2. The Morgan fingerprint density at radius 2 is 1.90 bits per heavy atom. The van der Waals surface area contributed by atoms with E-state index in [-0.39, 0.29) is 11.9 Å². The van der Waals surface area contributed by atoms with E-state index in [1.54, 1.807) is 11.8 Å². The maximum atomic E-state index is 12.4. The second kappa shape index (κ2) is 6.02. The first kappa shape index (κ1) is 16.8. The van der Waals surface area contributed by atoms with E-state index >= 15 is 0 Å². The second-order valence-corrected chi connectivity index (χ2v) is 6.53. The van der Waals surface area contributed by atoms with E-state index in [0.717, 1.165) is 6.42 Å². The van der Waals surface area contributed by atoms with Gasteiger partial charge in [0.25, 0.3) is 0 Å². The standard InChI is InChI=1S/C15H27NO4/c1-7-19-12(17)15(11(2)3)9-8-10-16(15)13(18)20-14(4,5)6/h11H,7-10H2,1-6H3/t15-/m1/s1. The Morgan fingerprint density at radius 3 is 2.35 bits per heavy atom. The van der Waals surface area contributed by atoms with Crippen LogP contribution in [-0.4, -0.2) is 41.3 Å². The molecule has 1 atom stereocenters. The summed E-state index contributed by atoms with van der Waals surface area (Å²) in [6.07, 6.45) is 0.982. The molecule has 0 spiro atoms. The van der Waals surface area contributed by atoms with Crippen LogP contribution in [-0.2, 0) is 14.3 Å². The molecule has 0 aromatic heterocycles. The van der Waals surface area contributed by atoms with E-state index in [1.807, 2.05) is 34.6 Å². The smallest absolute Gasteiger partial charge is 0.411 e. The van der Waals surface area contributed by atoms with Gasteiger partial charge in [-0.3, -0.25) is 4.90 Å². The summed E-state index contributed by atoms with van der Waals surface area (Å²) in [5, 5.41) is 0. The fourth-order valence-electron chi connectivity index (χ4n) is 2.72. The summed E-state index contributed by atoms with van der Waals surface area (Å²) < 4.78 is 10.6. The van der Waals surface area contributed by atoms with E-state index in [9.17, 15) is 9.59 Å². The minimum Gasteiger partial charge on any atom is -0.464 e. The molecule has 0 aliphatic carbocycles. The van der Waals surface area contributed by atoms with Gasteiger partial charge < -0.3 is 9.47 Å². The van der Waals surface area contributed by atoms with Gasteiger partial charge in [0.2, 0.25) is 0 Å². The fraction of sp³-hybridized carbons (Fsp3) is 0.867. The highest BCUT2D eigenvalue weighted by atomic mass is 16.6. The zero-order chi connectivity index (χ0) is 15.6. The zero-order valence-corrected chi connectivity index (χ0v) is 13.5. The quantitative estimate of drug-likeness (QED) is 0.748. The molecule has 1 amide bonds. The normalized spacial score (nSPS) is 23.1. The summed E-state index contributed by atoms with van der Waals surface area (Å²) >= 11 is 0. The van der Waals surface area contributed by atoms with Crippen LogP contribution in [0.3, 0.4) is 0 Å². The molecule has 116 valence electrons. The lowest BCUT2D eigenvalue weighted by Gasteiger charge is -2.39. The number of likely N-dealkylation sites (tertiary alicyclic amines) is 1. The number of esters is 1. The molecule has 1 saturated heterocycles. The van der Waals surface area contributed by atoms with Crippen molar-refractivity contribution in [2.24, 2.45) is 5.92 Å². The molecule has 20 heavy (non-hydrogen) atoms. The van der Waals surface area contributed by atoms with Crippen molar-refractivity contribution < 1.29 is 19.1 Å². The first-order chi connectivity index (χ1) is 9.15. The Labute approximate surface area is 121 Å². The number of hydrogen-bond donors (Lipinski definition) is 0. The molecule has 1 rings (SSSR count).